The highest BCUT2D eigenvalue weighted by atomic mass is 16.5. The van der Waals surface area contributed by atoms with Crippen molar-refractivity contribution in [2.24, 2.45) is 17.6 Å². The van der Waals surface area contributed by atoms with E-state index in [0.29, 0.717) is 17.7 Å². The van der Waals surface area contributed by atoms with Crippen LogP contribution < -0.4 is 21.7 Å². The molecule has 0 bridgehead atoms. The van der Waals surface area contributed by atoms with Gasteiger partial charge < -0.3 is 36.6 Å². The number of aliphatic hydroxyl groups excluding tert-OH is 1. The first-order valence-electron chi connectivity index (χ1n) is 14.6. The summed E-state index contributed by atoms with van der Waals surface area (Å²) in [7, 11) is 1.09. The number of aliphatic carboxylic acids is 1. The van der Waals surface area contributed by atoms with E-state index < -0.39 is 84.3 Å². The van der Waals surface area contributed by atoms with Crippen LogP contribution in [-0.4, -0.2) is 94.7 Å². The molecule has 0 fully saturated rings. The highest BCUT2D eigenvalue weighted by Crippen LogP contribution is 2.13. The number of hydrogen-bond acceptors (Lipinski definition) is 9. The van der Waals surface area contributed by atoms with Gasteiger partial charge >= 0.3 is 12.1 Å². The molecule has 0 radical (unpaired) electrons. The maximum atomic E-state index is 13.2. The van der Waals surface area contributed by atoms with Crippen molar-refractivity contribution in [2.45, 2.75) is 90.5 Å². The summed E-state index contributed by atoms with van der Waals surface area (Å²) in [6.07, 6.45) is -0.0732. The van der Waals surface area contributed by atoms with Crippen LogP contribution in [0.15, 0.2) is 30.3 Å². The number of carbonyl (C=O) groups is 6. The van der Waals surface area contributed by atoms with Crippen molar-refractivity contribution < 1.29 is 43.7 Å². The first-order valence-corrected chi connectivity index (χ1v) is 14.6. The Bertz CT molecular complexity index is 1130. The monoisotopic (exact) mass is 621 g/mol. The van der Waals surface area contributed by atoms with Crippen molar-refractivity contribution in [2.75, 3.05) is 13.7 Å². The lowest BCUT2D eigenvalue weighted by Crippen LogP contribution is -2.56. The van der Waals surface area contributed by atoms with Gasteiger partial charge in [-0.15, -0.1) is 0 Å². The maximum Gasteiger partial charge on any atom is 0.417 e. The molecule has 14 nitrogen and oxygen atoms in total. The van der Waals surface area contributed by atoms with Gasteiger partial charge in [-0.1, -0.05) is 51.1 Å². The number of nitrogens with zero attached hydrogens (tertiary/aromatic N) is 1. The van der Waals surface area contributed by atoms with Crippen molar-refractivity contribution in [3.8, 4) is 0 Å². The van der Waals surface area contributed by atoms with Crippen molar-refractivity contribution in [1.82, 2.24) is 20.9 Å². The second-order valence-electron chi connectivity index (χ2n) is 11.2. The number of methoxy groups -OCH3 is 1. The number of ether oxygens (including phenoxy) is 1. The van der Waals surface area contributed by atoms with Crippen LogP contribution in [-0.2, 0) is 35.1 Å². The fourth-order valence-corrected chi connectivity index (χ4v) is 4.40. The zero-order valence-electron chi connectivity index (χ0n) is 26.2. The van der Waals surface area contributed by atoms with E-state index in [1.807, 2.05) is 30.3 Å². The summed E-state index contributed by atoms with van der Waals surface area (Å²) in [5, 5.41) is 26.9. The Balaban J connectivity index is 3.00. The summed E-state index contributed by atoms with van der Waals surface area (Å²) >= 11 is 0. The number of carboxylic acids is 1. The summed E-state index contributed by atoms with van der Waals surface area (Å²) in [4.78, 5) is 76.0. The number of imide groups is 1. The molecule has 0 aromatic heterocycles. The van der Waals surface area contributed by atoms with Crippen LogP contribution in [0.4, 0.5) is 4.79 Å². The van der Waals surface area contributed by atoms with E-state index in [9.17, 15) is 39.0 Å². The van der Waals surface area contributed by atoms with E-state index >= 15 is 0 Å². The maximum absolute atomic E-state index is 13.2. The number of nitrogens with two attached hydrogens (primary N) is 1. The second kappa shape index (κ2) is 18.6. The van der Waals surface area contributed by atoms with E-state index in [0.717, 1.165) is 12.7 Å². The van der Waals surface area contributed by atoms with Gasteiger partial charge in [0.05, 0.1) is 13.2 Å². The molecule has 246 valence electrons. The molecular formula is C30H47N5O9. The molecule has 0 saturated heterocycles. The third-order valence-electron chi connectivity index (χ3n) is 7.08. The number of aliphatic hydroxyl groups is 1. The zero-order chi connectivity index (χ0) is 33.6. The quantitative estimate of drug-likeness (QED) is 0.142. The molecule has 0 aliphatic carbocycles. The Morgan fingerprint density at radius 1 is 0.909 bits per heavy atom. The van der Waals surface area contributed by atoms with Gasteiger partial charge in [0.1, 0.15) is 18.1 Å². The molecule has 0 aliphatic heterocycles. The van der Waals surface area contributed by atoms with Crippen molar-refractivity contribution in [3.63, 3.8) is 0 Å². The summed E-state index contributed by atoms with van der Waals surface area (Å²) in [5.74, 6) is -4.94. The summed E-state index contributed by atoms with van der Waals surface area (Å²) < 4.78 is 4.68. The van der Waals surface area contributed by atoms with E-state index in [4.69, 9.17) is 5.73 Å². The fourth-order valence-electron chi connectivity index (χ4n) is 4.40. The fraction of sp³-hybridized carbons (Fsp3) is 0.600. The van der Waals surface area contributed by atoms with Crippen LogP contribution in [0.25, 0.3) is 0 Å². The Hall–Kier alpha value is -4.04. The standard InChI is InChI=1S/C30H47N5O9/c1-17(2)24(29(41)42)34-27(39)25(18(3)16-36)33-23(37)14-10-13-22(15-21-11-8-7-9-12-21)32-26(38)20(5)35(30(43)44-6)28(40)19(4)31/h7-9,11-12,17-20,22,24-25,36H,10,13-16,31H2,1-6H3,(H,32,38)(H,33,37)(H,34,39)(H,41,42). The SMILES string of the molecule is COC(=O)N(C(=O)C(C)N)C(C)C(=O)NC(CCCC(=O)NC(C(=O)NC(C(=O)O)C(C)C)C(C)CO)Cc1ccccc1. The summed E-state index contributed by atoms with van der Waals surface area (Å²) in [6, 6.07) is 4.15. The zero-order valence-corrected chi connectivity index (χ0v) is 26.2. The first-order chi connectivity index (χ1) is 20.6. The minimum absolute atomic E-state index is 0.0390. The van der Waals surface area contributed by atoms with Crippen molar-refractivity contribution in [3.05, 3.63) is 35.9 Å². The second-order valence-corrected chi connectivity index (χ2v) is 11.2. The molecule has 44 heavy (non-hydrogen) atoms. The average Bonchev–Trinajstić information content (AvgIpc) is 2.97. The van der Waals surface area contributed by atoms with Gasteiger partial charge in [-0.3, -0.25) is 19.2 Å². The third-order valence-corrected chi connectivity index (χ3v) is 7.08. The molecule has 6 unspecified atom stereocenters. The third kappa shape index (κ3) is 11.9. The first kappa shape index (κ1) is 38.0. The molecule has 7 N–H and O–H groups in total. The van der Waals surface area contributed by atoms with Crippen LogP contribution in [0.3, 0.4) is 0 Å². The lowest BCUT2D eigenvalue weighted by Gasteiger charge is -2.28. The van der Waals surface area contributed by atoms with Gasteiger partial charge in [0.25, 0.3) is 0 Å². The average molecular weight is 622 g/mol. The predicted octanol–water partition coefficient (Wildman–Crippen LogP) is 0.554. The highest BCUT2D eigenvalue weighted by molar-refractivity contribution is 5.99. The van der Waals surface area contributed by atoms with E-state index in [1.54, 1.807) is 20.8 Å². The Kier molecular flexibility index (Phi) is 16.0. The number of nitrogens with one attached hydrogen (secondary N) is 3. The number of carboxylic acid groups (broad SMARTS) is 1. The van der Waals surface area contributed by atoms with Crippen LogP contribution in [0.2, 0.25) is 0 Å². The lowest BCUT2D eigenvalue weighted by atomic mass is 9.98. The molecule has 5 amide bonds. The number of rotatable bonds is 17. The topological polar surface area (TPSA) is 217 Å². The van der Waals surface area contributed by atoms with Gasteiger partial charge in [0, 0.05) is 25.0 Å². The van der Waals surface area contributed by atoms with Crippen molar-refractivity contribution >= 4 is 35.7 Å². The van der Waals surface area contributed by atoms with Crippen LogP contribution in [0.5, 0.6) is 0 Å². The molecule has 1 rings (SSSR count). The molecule has 0 spiro atoms. The number of hydrogen-bond donors (Lipinski definition) is 6. The Morgan fingerprint density at radius 2 is 1.52 bits per heavy atom. The van der Waals surface area contributed by atoms with Gasteiger partial charge in [0.15, 0.2) is 0 Å². The molecule has 1 aromatic carbocycles. The van der Waals surface area contributed by atoms with Gasteiger partial charge in [-0.2, -0.15) is 0 Å². The number of amides is 5. The normalized spacial score (nSPS) is 15.1. The van der Waals surface area contributed by atoms with Gasteiger partial charge in [-0.05, 0) is 44.6 Å². The molecule has 0 saturated carbocycles. The lowest BCUT2D eigenvalue weighted by molar-refractivity contribution is -0.143. The van der Waals surface area contributed by atoms with Crippen LogP contribution >= 0.6 is 0 Å². The minimum atomic E-state index is -1.23. The highest BCUT2D eigenvalue weighted by Gasteiger charge is 2.35. The van der Waals surface area contributed by atoms with Gasteiger partial charge in [0.2, 0.25) is 23.6 Å². The smallest absolute Gasteiger partial charge is 0.417 e. The van der Waals surface area contributed by atoms with Crippen molar-refractivity contribution in [1.29, 1.82) is 0 Å². The van der Waals surface area contributed by atoms with Crippen LogP contribution in [0.1, 0.15) is 59.4 Å². The number of benzene rings is 1. The Labute approximate surface area is 258 Å². The predicted molar refractivity (Wildman–Crippen MR) is 161 cm³/mol. The van der Waals surface area contributed by atoms with Crippen LogP contribution in [0, 0.1) is 11.8 Å². The van der Waals surface area contributed by atoms with E-state index in [2.05, 4.69) is 20.7 Å². The molecule has 0 heterocycles. The molecule has 0 aliphatic rings. The molecule has 14 heteroatoms. The molecule has 1 aromatic rings. The largest absolute Gasteiger partial charge is 0.480 e. The molecule has 6 atom stereocenters. The summed E-state index contributed by atoms with van der Waals surface area (Å²) in [6.45, 7) is 7.16. The summed E-state index contributed by atoms with van der Waals surface area (Å²) in [5.41, 5.74) is 6.56. The Morgan fingerprint density at radius 3 is 2.02 bits per heavy atom. The van der Waals surface area contributed by atoms with E-state index in [-0.39, 0.29) is 12.8 Å². The molecular weight excluding hydrogens is 574 g/mol. The number of carbonyl (C=O) groups excluding carboxylic acids is 5. The van der Waals surface area contributed by atoms with E-state index in [1.165, 1.54) is 13.8 Å². The van der Waals surface area contributed by atoms with Gasteiger partial charge in [-0.25, -0.2) is 14.5 Å². The minimum Gasteiger partial charge on any atom is -0.480 e.